The Labute approximate surface area is 225 Å². The number of benzene rings is 3. The van der Waals surface area contributed by atoms with Gasteiger partial charge in [-0.1, -0.05) is 54.1 Å². The van der Waals surface area contributed by atoms with Crippen molar-refractivity contribution >= 4 is 28.5 Å². The van der Waals surface area contributed by atoms with Gasteiger partial charge in [0.05, 0.1) is 30.2 Å². The van der Waals surface area contributed by atoms with E-state index in [2.05, 4.69) is 4.90 Å². The molecule has 6 rings (SSSR count). The van der Waals surface area contributed by atoms with Crippen LogP contribution in [0.1, 0.15) is 33.3 Å². The van der Waals surface area contributed by atoms with Gasteiger partial charge in [0.25, 0.3) is 5.91 Å². The molecule has 7 nitrogen and oxygen atoms in total. The maximum Gasteiger partial charge on any atom is 0.290 e. The first-order valence-electron chi connectivity index (χ1n) is 12.7. The first-order chi connectivity index (χ1) is 18.6. The number of carbonyl (C=O) groups excluding carboxylic acids is 1. The van der Waals surface area contributed by atoms with Gasteiger partial charge >= 0.3 is 0 Å². The average Bonchev–Trinajstić information content (AvgIpc) is 3.24. The summed E-state index contributed by atoms with van der Waals surface area (Å²) in [5, 5.41) is 0.807. The van der Waals surface area contributed by atoms with Crippen molar-refractivity contribution in [2.75, 3.05) is 39.4 Å². The Morgan fingerprint density at radius 3 is 2.45 bits per heavy atom. The topological polar surface area (TPSA) is 72.2 Å². The average molecular weight is 531 g/mol. The van der Waals surface area contributed by atoms with Crippen LogP contribution in [0.2, 0.25) is 5.02 Å². The van der Waals surface area contributed by atoms with Crippen molar-refractivity contribution in [2.24, 2.45) is 0 Å². The van der Waals surface area contributed by atoms with Gasteiger partial charge in [-0.3, -0.25) is 14.5 Å². The van der Waals surface area contributed by atoms with Gasteiger partial charge in [-0.15, -0.1) is 0 Å². The number of ether oxygens (including phenoxy) is 2. The van der Waals surface area contributed by atoms with Crippen molar-refractivity contribution in [2.45, 2.75) is 12.6 Å². The molecule has 4 aromatic rings. The number of hydrogen-bond acceptors (Lipinski definition) is 6. The van der Waals surface area contributed by atoms with E-state index in [1.165, 1.54) is 0 Å². The van der Waals surface area contributed by atoms with Gasteiger partial charge in [0.1, 0.15) is 17.9 Å². The zero-order valence-corrected chi connectivity index (χ0v) is 21.5. The number of amides is 1. The van der Waals surface area contributed by atoms with Gasteiger partial charge in [-0.2, -0.15) is 0 Å². The van der Waals surface area contributed by atoms with Gasteiger partial charge < -0.3 is 18.8 Å². The molecule has 0 N–H and O–H groups in total. The van der Waals surface area contributed by atoms with E-state index in [1.54, 1.807) is 23.1 Å². The molecule has 1 unspecified atom stereocenters. The van der Waals surface area contributed by atoms with E-state index in [9.17, 15) is 9.59 Å². The van der Waals surface area contributed by atoms with Crippen LogP contribution in [-0.2, 0) is 11.3 Å². The van der Waals surface area contributed by atoms with E-state index in [0.29, 0.717) is 60.2 Å². The van der Waals surface area contributed by atoms with Crippen LogP contribution in [0.5, 0.6) is 5.75 Å². The highest BCUT2D eigenvalue weighted by Gasteiger charge is 2.42. The number of morpholine rings is 1. The van der Waals surface area contributed by atoms with Crippen LogP contribution in [0, 0.1) is 0 Å². The number of nitrogens with zero attached hydrogens (tertiary/aromatic N) is 2. The van der Waals surface area contributed by atoms with Crippen LogP contribution in [0.15, 0.2) is 82.0 Å². The zero-order chi connectivity index (χ0) is 26.1. The van der Waals surface area contributed by atoms with Gasteiger partial charge in [0.15, 0.2) is 5.43 Å². The lowest BCUT2D eigenvalue weighted by atomic mass is 9.98. The minimum atomic E-state index is -0.568. The predicted molar refractivity (Wildman–Crippen MR) is 145 cm³/mol. The third-order valence-corrected chi connectivity index (χ3v) is 7.37. The number of carbonyl (C=O) groups is 1. The van der Waals surface area contributed by atoms with Gasteiger partial charge in [-0.05, 0) is 41.5 Å². The monoisotopic (exact) mass is 530 g/mol. The second-order valence-electron chi connectivity index (χ2n) is 9.51. The third kappa shape index (κ3) is 4.80. The standard InChI is InChI=1S/C30H27ClN2O5/c31-22-8-11-25-24(18-22)28(34)26-27(21-6-9-23(10-7-21)37-19-20-4-2-1-3-5-20)33(30(35)29(26)38-25)13-12-32-14-16-36-17-15-32/h1-11,18,27H,12-17,19H2. The molecule has 194 valence electrons. The summed E-state index contributed by atoms with van der Waals surface area (Å²) >= 11 is 6.19. The van der Waals surface area contributed by atoms with Crippen molar-refractivity contribution in [3.63, 3.8) is 0 Å². The number of halogens is 1. The summed E-state index contributed by atoms with van der Waals surface area (Å²) in [6, 6.07) is 21.8. The zero-order valence-electron chi connectivity index (χ0n) is 20.8. The summed E-state index contributed by atoms with van der Waals surface area (Å²) < 4.78 is 17.4. The molecule has 2 aliphatic heterocycles. The molecule has 3 heterocycles. The molecule has 0 aliphatic carbocycles. The number of rotatable bonds is 7. The van der Waals surface area contributed by atoms with Gasteiger partial charge in [0, 0.05) is 31.2 Å². The molecule has 1 fully saturated rings. The molecule has 8 heteroatoms. The third-order valence-electron chi connectivity index (χ3n) is 7.13. The normalized spacial score (nSPS) is 17.7. The molecule has 1 atom stereocenters. The van der Waals surface area contributed by atoms with Crippen LogP contribution in [-0.4, -0.2) is 55.1 Å². The number of fused-ring (bicyclic) bond motifs is 2. The molecule has 0 spiro atoms. The molecule has 2 aliphatic rings. The van der Waals surface area contributed by atoms with Crippen molar-refractivity contribution in [1.82, 2.24) is 9.80 Å². The summed E-state index contributed by atoms with van der Waals surface area (Å²) in [7, 11) is 0. The maximum absolute atomic E-state index is 13.7. The van der Waals surface area contributed by atoms with Crippen LogP contribution in [0.25, 0.3) is 11.0 Å². The minimum absolute atomic E-state index is 0.0983. The van der Waals surface area contributed by atoms with Crippen molar-refractivity contribution in [3.8, 4) is 5.75 Å². The lowest BCUT2D eigenvalue weighted by Gasteiger charge is -2.31. The Balaban J connectivity index is 1.34. The lowest BCUT2D eigenvalue weighted by molar-refractivity contribution is 0.0314. The van der Waals surface area contributed by atoms with E-state index >= 15 is 0 Å². The Morgan fingerprint density at radius 1 is 0.921 bits per heavy atom. The van der Waals surface area contributed by atoms with E-state index in [0.717, 1.165) is 24.2 Å². The summed E-state index contributed by atoms with van der Waals surface area (Å²) in [6.45, 7) is 4.56. The summed E-state index contributed by atoms with van der Waals surface area (Å²) in [6.07, 6.45) is 0. The number of hydrogen-bond donors (Lipinski definition) is 0. The van der Waals surface area contributed by atoms with Crippen LogP contribution in [0.4, 0.5) is 0 Å². The van der Waals surface area contributed by atoms with E-state index in [-0.39, 0.29) is 17.1 Å². The molecule has 0 bridgehead atoms. The van der Waals surface area contributed by atoms with Crippen LogP contribution in [0.3, 0.4) is 0 Å². The van der Waals surface area contributed by atoms with E-state index in [4.69, 9.17) is 25.5 Å². The van der Waals surface area contributed by atoms with E-state index in [1.807, 2.05) is 54.6 Å². The summed E-state index contributed by atoms with van der Waals surface area (Å²) in [4.78, 5) is 31.4. The molecule has 38 heavy (non-hydrogen) atoms. The molecular weight excluding hydrogens is 504 g/mol. The van der Waals surface area contributed by atoms with Crippen molar-refractivity contribution in [1.29, 1.82) is 0 Å². The molecule has 1 amide bonds. The van der Waals surface area contributed by atoms with Gasteiger partial charge in [0.2, 0.25) is 5.76 Å². The summed E-state index contributed by atoms with van der Waals surface area (Å²) in [5.74, 6) is 0.525. The fourth-order valence-corrected chi connectivity index (χ4v) is 5.30. The molecule has 0 radical (unpaired) electrons. The van der Waals surface area contributed by atoms with Crippen molar-refractivity contribution in [3.05, 3.63) is 110 Å². The molecular formula is C30H27ClN2O5. The predicted octanol–water partition coefficient (Wildman–Crippen LogP) is 4.90. The molecule has 1 saturated heterocycles. The molecule has 1 aromatic heterocycles. The van der Waals surface area contributed by atoms with Crippen LogP contribution < -0.4 is 10.2 Å². The summed E-state index contributed by atoms with van der Waals surface area (Å²) in [5.41, 5.74) is 2.36. The fourth-order valence-electron chi connectivity index (χ4n) is 5.13. The van der Waals surface area contributed by atoms with Crippen molar-refractivity contribution < 1.29 is 18.7 Å². The Bertz CT molecular complexity index is 1510. The van der Waals surface area contributed by atoms with E-state index < -0.39 is 6.04 Å². The molecule has 3 aromatic carbocycles. The highest BCUT2D eigenvalue weighted by atomic mass is 35.5. The second-order valence-corrected chi connectivity index (χ2v) is 9.95. The Morgan fingerprint density at radius 2 is 1.68 bits per heavy atom. The highest BCUT2D eigenvalue weighted by molar-refractivity contribution is 6.31. The first kappa shape index (κ1) is 24.7. The maximum atomic E-state index is 13.7. The largest absolute Gasteiger partial charge is 0.489 e. The fraction of sp³-hybridized carbons (Fsp3) is 0.267. The van der Waals surface area contributed by atoms with Gasteiger partial charge in [-0.25, -0.2) is 0 Å². The minimum Gasteiger partial charge on any atom is -0.489 e. The molecule has 0 saturated carbocycles. The first-order valence-corrected chi connectivity index (χ1v) is 13.1. The quantitative estimate of drug-likeness (QED) is 0.338. The Kier molecular flexibility index (Phi) is 6.89. The lowest BCUT2D eigenvalue weighted by Crippen LogP contribution is -2.42. The highest BCUT2D eigenvalue weighted by Crippen LogP contribution is 2.38. The van der Waals surface area contributed by atoms with Crippen LogP contribution >= 0.6 is 11.6 Å². The SMILES string of the molecule is O=C1c2oc3ccc(Cl)cc3c(=O)c2C(c2ccc(OCc3ccccc3)cc2)N1CCN1CCOCC1. The smallest absolute Gasteiger partial charge is 0.290 e. The second kappa shape index (κ2) is 10.6. The Hall–Kier alpha value is -3.65.